The number of ether oxygens (including phenoxy) is 1. The molecule has 2 heterocycles. The van der Waals surface area contributed by atoms with E-state index in [0.717, 1.165) is 4.47 Å². The lowest BCUT2D eigenvalue weighted by Gasteiger charge is -2.02. The van der Waals surface area contributed by atoms with Crippen LogP contribution in [0.25, 0.3) is 5.65 Å². The number of hydrogen-bond donors (Lipinski definition) is 0. The third-order valence-electron chi connectivity index (χ3n) is 1.80. The number of rotatable bonds is 1. The van der Waals surface area contributed by atoms with Crippen molar-refractivity contribution in [2.24, 2.45) is 0 Å². The number of carbonyl (C=O) groups is 1. The van der Waals surface area contributed by atoms with Crippen molar-refractivity contribution in [2.45, 2.75) is 0 Å². The van der Waals surface area contributed by atoms with E-state index in [-0.39, 0.29) is 0 Å². The van der Waals surface area contributed by atoms with Gasteiger partial charge in [-0.1, -0.05) is 0 Å². The van der Waals surface area contributed by atoms with Gasteiger partial charge in [-0.3, -0.25) is 4.40 Å². The lowest BCUT2D eigenvalue weighted by molar-refractivity contribution is 0.0592. The maximum Gasteiger partial charge on any atom is 0.355 e. The van der Waals surface area contributed by atoms with Gasteiger partial charge in [0.2, 0.25) is 0 Å². The van der Waals surface area contributed by atoms with Crippen molar-refractivity contribution in [3.05, 3.63) is 28.6 Å². The molecular weight excluding hydrogens is 250 g/mol. The topological polar surface area (TPSA) is 56.5 Å². The van der Waals surface area contributed by atoms with Crippen LogP contribution < -0.4 is 0 Å². The van der Waals surface area contributed by atoms with Gasteiger partial charge in [-0.15, -0.1) is 10.2 Å². The first-order chi connectivity index (χ1) is 6.74. The van der Waals surface area contributed by atoms with E-state index in [1.165, 1.54) is 13.4 Å². The molecule has 0 N–H and O–H groups in total. The molecule has 0 saturated heterocycles. The summed E-state index contributed by atoms with van der Waals surface area (Å²) in [5, 5.41) is 7.57. The molecule has 6 heteroatoms. The fourth-order valence-corrected chi connectivity index (χ4v) is 1.55. The van der Waals surface area contributed by atoms with Crippen LogP contribution in [-0.4, -0.2) is 27.7 Å². The van der Waals surface area contributed by atoms with Gasteiger partial charge in [0.15, 0.2) is 5.65 Å². The quantitative estimate of drug-likeness (QED) is 0.721. The van der Waals surface area contributed by atoms with Crippen molar-refractivity contribution in [1.82, 2.24) is 14.6 Å². The minimum absolute atomic E-state index is 0.399. The molecule has 0 aliphatic heterocycles. The van der Waals surface area contributed by atoms with Crippen molar-refractivity contribution in [3.63, 3.8) is 0 Å². The molecule has 2 aromatic heterocycles. The van der Waals surface area contributed by atoms with Crippen LogP contribution in [0.5, 0.6) is 0 Å². The van der Waals surface area contributed by atoms with Gasteiger partial charge in [0.1, 0.15) is 12.0 Å². The van der Waals surface area contributed by atoms with E-state index in [4.69, 9.17) is 0 Å². The molecular formula is C8H6BrN3O2. The van der Waals surface area contributed by atoms with Crippen LogP contribution in [0.2, 0.25) is 0 Å². The van der Waals surface area contributed by atoms with Crippen molar-refractivity contribution < 1.29 is 9.53 Å². The van der Waals surface area contributed by atoms with E-state index >= 15 is 0 Å². The first kappa shape index (κ1) is 9.14. The Hall–Kier alpha value is -1.43. The standard InChI is InChI=1S/C8H6BrN3O2/c1-14-8(13)6-3-2-5(9)7-11-10-4-12(6)7/h2-4H,1H3. The third-order valence-corrected chi connectivity index (χ3v) is 2.42. The Morgan fingerprint density at radius 1 is 1.57 bits per heavy atom. The van der Waals surface area contributed by atoms with Crippen LogP contribution in [0.1, 0.15) is 10.5 Å². The molecule has 0 amide bonds. The largest absolute Gasteiger partial charge is 0.464 e. The van der Waals surface area contributed by atoms with Crippen molar-refractivity contribution in [3.8, 4) is 0 Å². The molecule has 5 nitrogen and oxygen atoms in total. The molecule has 72 valence electrons. The number of pyridine rings is 1. The van der Waals surface area contributed by atoms with Crippen LogP contribution in [-0.2, 0) is 4.74 Å². The number of aromatic nitrogens is 3. The number of nitrogens with zero attached hydrogens (tertiary/aromatic N) is 3. The minimum atomic E-state index is -0.415. The van der Waals surface area contributed by atoms with Crippen LogP contribution >= 0.6 is 15.9 Å². The second-order valence-electron chi connectivity index (χ2n) is 2.58. The lowest BCUT2D eigenvalue weighted by atomic mass is 10.3. The molecule has 0 fully saturated rings. The van der Waals surface area contributed by atoms with Gasteiger partial charge in [-0.05, 0) is 28.1 Å². The summed E-state index contributed by atoms with van der Waals surface area (Å²) in [6.07, 6.45) is 1.46. The molecule has 2 aromatic rings. The second-order valence-corrected chi connectivity index (χ2v) is 3.44. The summed E-state index contributed by atoms with van der Waals surface area (Å²) in [6.45, 7) is 0. The molecule has 0 aliphatic carbocycles. The lowest BCUT2D eigenvalue weighted by Crippen LogP contribution is -2.07. The Labute approximate surface area is 87.8 Å². The summed E-state index contributed by atoms with van der Waals surface area (Å²) in [6, 6.07) is 3.38. The van der Waals surface area contributed by atoms with Crippen LogP contribution in [0, 0.1) is 0 Å². The highest BCUT2D eigenvalue weighted by Gasteiger charge is 2.12. The van der Waals surface area contributed by atoms with E-state index in [9.17, 15) is 4.79 Å². The summed E-state index contributed by atoms with van der Waals surface area (Å²) in [7, 11) is 1.33. The van der Waals surface area contributed by atoms with Gasteiger partial charge in [0.25, 0.3) is 0 Å². The molecule has 2 rings (SSSR count). The average Bonchev–Trinajstić information content (AvgIpc) is 2.67. The SMILES string of the molecule is COC(=O)c1ccc(Br)c2nncn12. The van der Waals surface area contributed by atoms with Crippen LogP contribution in [0.15, 0.2) is 22.9 Å². The maximum atomic E-state index is 11.3. The highest BCUT2D eigenvalue weighted by atomic mass is 79.9. The highest BCUT2D eigenvalue weighted by Crippen LogP contribution is 2.17. The Kier molecular flexibility index (Phi) is 2.20. The summed E-state index contributed by atoms with van der Waals surface area (Å²) >= 11 is 3.31. The van der Waals surface area contributed by atoms with Crippen LogP contribution in [0.4, 0.5) is 0 Å². The first-order valence-electron chi connectivity index (χ1n) is 3.80. The Morgan fingerprint density at radius 2 is 2.36 bits per heavy atom. The first-order valence-corrected chi connectivity index (χ1v) is 4.60. The van der Waals surface area contributed by atoms with Crippen molar-refractivity contribution in [1.29, 1.82) is 0 Å². The number of halogens is 1. The van der Waals surface area contributed by atoms with Gasteiger partial charge in [0, 0.05) is 0 Å². The van der Waals surface area contributed by atoms with Crippen molar-refractivity contribution >= 4 is 27.5 Å². The molecule has 0 unspecified atom stereocenters. The van der Waals surface area contributed by atoms with Gasteiger partial charge >= 0.3 is 5.97 Å². The monoisotopic (exact) mass is 255 g/mol. The molecule has 0 spiro atoms. The number of methoxy groups -OCH3 is 1. The molecule has 0 aromatic carbocycles. The van der Waals surface area contributed by atoms with E-state index in [0.29, 0.717) is 11.3 Å². The fourth-order valence-electron chi connectivity index (χ4n) is 1.15. The van der Waals surface area contributed by atoms with Gasteiger partial charge < -0.3 is 4.74 Å². The van der Waals surface area contributed by atoms with E-state index in [1.807, 2.05) is 0 Å². The van der Waals surface area contributed by atoms with Gasteiger partial charge in [-0.2, -0.15) is 0 Å². The van der Waals surface area contributed by atoms with E-state index < -0.39 is 5.97 Å². The molecule has 0 saturated carbocycles. The summed E-state index contributed by atoms with van der Waals surface area (Å²) in [4.78, 5) is 11.3. The smallest absolute Gasteiger partial charge is 0.355 e. The van der Waals surface area contributed by atoms with Gasteiger partial charge in [0.05, 0.1) is 11.6 Å². The maximum absolute atomic E-state index is 11.3. The predicted octanol–water partition coefficient (Wildman–Crippen LogP) is 1.28. The Bertz CT molecular complexity index is 494. The average molecular weight is 256 g/mol. The zero-order valence-electron chi connectivity index (χ0n) is 7.27. The third kappa shape index (κ3) is 1.27. The summed E-state index contributed by atoms with van der Waals surface area (Å²) < 4.78 is 6.97. The van der Waals surface area contributed by atoms with E-state index in [1.54, 1.807) is 16.5 Å². The second kappa shape index (κ2) is 3.38. The van der Waals surface area contributed by atoms with Crippen LogP contribution in [0.3, 0.4) is 0 Å². The minimum Gasteiger partial charge on any atom is -0.464 e. The zero-order valence-corrected chi connectivity index (χ0v) is 8.85. The van der Waals surface area contributed by atoms with E-state index in [2.05, 4.69) is 30.9 Å². The number of fused-ring (bicyclic) bond motifs is 1. The molecule has 0 atom stereocenters. The Balaban J connectivity index is 2.72. The molecule has 0 aliphatic rings. The highest BCUT2D eigenvalue weighted by molar-refractivity contribution is 9.10. The van der Waals surface area contributed by atoms with Crippen molar-refractivity contribution in [2.75, 3.05) is 7.11 Å². The summed E-state index contributed by atoms with van der Waals surface area (Å²) in [5.74, 6) is -0.415. The predicted molar refractivity (Wildman–Crippen MR) is 52.0 cm³/mol. The van der Waals surface area contributed by atoms with Gasteiger partial charge in [-0.25, -0.2) is 4.79 Å². The molecule has 0 radical (unpaired) electrons. The normalized spacial score (nSPS) is 10.4. The number of esters is 1. The zero-order chi connectivity index (χ0) is 10.1. The summed E-state index contributed by atoms with van der Waals surface area (Å²) in [5.41, 5.74) is 0.989. The molecule has 14 heavy (non-hydrogen) atoms. The number of carbonyl (C=O) groups excluding carboxylic acids is 1. The number of hydrogen-bond acceptors (Lipinski definition) is 4. The molecule has 0 bridgehead atoms. The fraction of sp³-hybridized carbons (Fsp3) is 0.125. The Morgan fingerprint density at radius 3 is 3.07 bits per heavy atom.